The van der Waals surface area contributed by atoms with Gasteiger partial charge in [-0.15, -0.1) is 11.3 Å². The van der Waals surface area contributed by atoms with E-state index in [9.17, 15) is 4.79 Å². The molecule has 0 aliphatic rings. The lowest BCUT2D eigenvalue weighted by Gasteiger charge is -2.07. The fraction of sp³-hybridized carbons (Fsp3) is 0.105. The minimum absolute atomic E-state index is 0.148. The Morgan fingerprint density at radius 2 is 2.00 bits per heavy atom. The second kappa shape index (κ2) is 7.60. The Hall–Kier alpha value is -3.17. The quantitative estimate of drug-likeness (QED) is 0.759. The number of carbonyl (C=O) groups excluding carboxylic acids is 1. The first kappa shape index (κ1) is 16.7. The van der Waals surface area contributed by atoms with Crippen LogP contribution in [0.15, 0.2) is 53.9 Å². The normalized spacial score (nSPS) is 10.1. The van der Waals surface area contributed by atoms with Crippen LogP contribution in [0, 0.1) is 11.3 Å². The number of carbonyl (C=O) groups is 1. The summed E-state index contributed by atoms with van der Waals surface area (Å²) >= 11 is 1.36. The van der Waals surface area contributed by atoms with Gasteiger partial charge in [-0.05, 0) is 18.2 Å². The zero-order chi connectivity index (χ0) is 17.6. The average Bonchev–Trinajstić information content (AvgIpc) is 3.10. The topological polar surface area (TPSA) is 75.0 Å². The molecule has 0 unspecified atom stereocenters. The summed E-state index contributed by atoms with van der Waals surface area (Å²) in [6.07, 6.45) is 0.218. The first-order chi connectivity index (χ1) is 12.2. The summed E-state index contributed by atoms with van der Waals surface area (Å²) in [5, 5.41) is 14.1. The molecule has 6 heteroatoms. The van der Waals surface area contributed by atoms with Crippen LogP contribution in [-0.4, -0.2) is 18.0 Å². The number of hydrogen-bond acceptors (Lipinski definition) is 5. The van der Waals surface area contributed by atoms with Crippen molar-refractivity contribution in [2.45, 2.75) is 6.42 Å². The predicted molar refractivity (Wildman–Crippen MR) is 97.6 cm³/mol. The average molecular weight is 349 g/mol. The Balaban J connectivity index is 1.68. The number of aromatic nitrogens is 1. The highest BCUT2D eigenvalue weighted by Gasteiger charge is 2.11. The monoisotopic (exact) mass is 349 g/mol. The van der Waals surface area contributed by atoms with Crippen molar-refractivity contribution in [2.24, 2.45) is 0 Å². The van der Waals surface area contributed by atoms with Crippen LogP contribution in [-0.2, 0) is 11.2 Å². The van der Waals surface area contributed by atoms with Crippen LogP contribution >= 0.6 is 11.3 Å². The molecule has 2 aromatic carbocycles. The fourth-order valence-electron chi connectivity index (χ4n) is 2.36. The van der Waals surface area contributed by atoms with Gasteiger partial charge in [-0.3, -0.25) is 4.79 Å². The van der Waals surface area contributed by atoms with E-state index in [1.165, 1.54) is 11.3 Å². The van der Waals surface area contributed by atoms with Gasteiger partial charge in [-0.25, -0.2) is 4.98 Å². The minimum atomic E-state index is -0.148. The minimum Gasteiger partial charge on any atom is -0.496 e. The molecule has 0 radical (unpaired) electrons. The van der Waals surface area contributed by atoms with E-state index in [4.69, 9.17) is 10.00 Å². The summed E-state index contributed by atoms with van der Waals surface area (Å²) in [5.41, 5.74) is 3.10. The number of thiazole rings is 1. The van der Waals surface area contributed by atoms with Crippen molar-refractivity contribution in [1.82, 2.24) is 4.98 Å². The van der Waals surface area contributed by atoms with Crippen molar-refractivity contribution in [3.05, 3.63) is 65.0 Å². The molecule has 0 atom stereocenters. The zero-order valence-corrected chi connectivity index (χ0v) is 14.3. The van der Waals surface area contributed by atoms with Gasteiger partial charge in [0.1, 0.15) is 5.75 Å². The molecule has 0 spiro atoms. The summed E-state index contributed by atoms with van der Waals surface area (Å²) in [6, 6.07) is 16.7. The highest BCUT2D eigenvalue weighted by Crippen LogP contribution is 2.25. The van der Waals surface area contributed by atoms with Gasteiger partial charge in [0.05, 0.1) is 30.9 Å². The third-order valence-electron chi connectivity index (χ3n) is 3.60. The Morgan fingerprint density at radius 3 is 2.72 bits per heavy atom. The number of anilines is 1. The maximum atomic E-state index is 12.2. The first-order valence-corrected chi connectivity index (χ1v) is 8.45. The Bertz CT molecular complexity index is 926. The Kier molecular flexibility index (Phi) is 5.07. The van der Waals surface area contributed by atoms with Crippen molar-refractivity contribution >= 4 is 22.4 Å². The van der Waals surface area contributed by atoms with Crippen molar-refractivity contribution in [1.29, 1.82) is 5.26 Å². The molecular weight excluding hydrogens is 334 g/mol. The van der Waals surface area contributed by atoms with Crippen LogP contribution in [0.5, 0.6) is 5.75 Å². The molecular formula is C19H15N3O2S. The third kappa shape index (κ3) is 4.03. The standard InChI is InChI=1S/C19H15N3O2S/c1-24-17-5-3-2-4-15(17)10-18(23)22-19-21-16(12-25-19)14-8-6-13(11-20)7-9-14/h2-9,12H,10H2,1H3,(H,21,22,23). The molecule has 1 aromatic heterocycles. The summed E-state index contributed by atoms with van der Waals surface area (Å²) in [6.45, 7) is 0. The van der Waals surface area contributed by atoms with Crippen molar-refractivity contribution in [3.63, 3.8) is 0 Å². The number of para-hydroxylation sites is 1. The molecule has 3 rings (SSSR count). The second-order valence-electron chi connectivity index (χ2n) is 5.26. The summed E-state index contributed by atoms with van der Waals surface area (Å²) in [5.74, 6) is 0.542. The molecule has 3 aromatic rings. The van der Waals surface area contributed by atoms with Crippen LogP contribution in [0.4, 0.5) is 5.13 Å². The van der Waals surface area contributed by atoms with E-state index in [1.807, 2.05) is 41.8 Å². The molecule has 5 nitrogen and oxygen atoms in total. The molecule has 1 heterocycles. The Labute approximate surface area is 149 Å². The van der Waals surface area contributed by atoms with E-state index < -0.39 is 0 Å². The van der Waals surface area contributed by atoms with Crippen molar-refractivity contribution in [2.75, 3.05) is 12.4 Å². The number of methoxy groups -OCH3 is 1. The SMILES string of the molecule is COc1ccccc1CC(=O)Nc1nc(-c2ccc(C#N)cc2)cs1. The molecule has 25 heavy (non-hydrogen) atoms. The molecule has 0 saturated carbocycles. The highest BCUT2D eigenvalue weighted by molar-refractivity contribution is 7.14. The number of nitriles is 1. The van der Waals surface area contributed by atoms with Gasteiger partial charge in [0.15, 0.2) is 5.13 Å². The molecule has 0 aliphatic heterocycles. The summed E-state index contributed by atoms with van der Waals surface area (Å²) in [4.78, 5) is 16.7. The summed E-state index contributed by atoms with van der Waals surface area (Å²) < 4.78 is 5.26. The zero-order valence-electron chi connectivity index (χ0n) is 13.5. The smallest absolute Gasteiger partial charge is 0.230 e. The molecule has 0 bridgehead atoms. The molecule has 1 amide bonds. The summed E-state index contributed by atoms with van der Waals surface area (Å²) in [7, 11) is 1.58. The molecule has 0 fully saturated rings. The maximum absolute atomic E-state index is 12.2. The van der Waals surface area contributed by atoms with Crippen LogP contribution < -0.4 is 10.1 Å². The van der Waals surface area contributed by atoms with Crippen molar-refractivity contribution in [3.8, 4) is 23.1 Å². The van der Waals surface area contributed by atoms with Crippen molar-refractivity contribution < 1.29 is 9.53 Å². The van der Waals surface area contributed by atoms with Gasteiger partial charge in [0.25, 0.3) is 0 Å². The van der Waals surface area contributed by atoms with Gasteiger partial charge in [0.2, 0.25) is 5.91 Å². The van der Waals surface area contributed by atoms with E-state index in [-0.39, 0.29) is 12.3 Å². The van der Waals surface area contributed by atoms with Gasteiger partial charge in [-0.2, -0.15) is 5.26 Å². The lowest BCUT2D eigenvalue weighted by molar-refractivity contribution is -0.115. The van der Waals surface area contributed by atoms with Gasteiger partial charge in [0, 0.05) is 16.5 Å². The van der Waals surface area contributed by atoms with Crippen LogP contribution in [0.25, 0.3) is 11.3 Å². The number of hydrogen-bond donors (Lipinski definition) is 1. The van der Waals surface area contributed by atoms with E-state index in [0.717, 1.165) is 16.8 Å². The van der Waals surface area contributed by atoms with Crippen LogP contribution in [0.1, 0.15) is 11.1 Å². The first-order valence-electron chi connectivity index (χ1n) is 7.57. The number of ether oxygens (including phenoxy) is 1. The van der Waals surface area contributed by atoms with E-state index in [1.54, 1.807) is 19.2 Å². The number of benzene rings is 2. The molecule has 1 N–H and O–H groups in total. The lowest BCUT2D eigenvalue weighted by atomic mass is 10.1. The van der Waals surface area contributed by atoms with Crippen LogP contribution in [0.3, 0.4) is 0 Å². The predicted octanol–water partition coefficient (Wildman–Crippen LogP) is 3.87. The molecule has 124 valence electrons. The molecule has 0 saturated heterocycles. The third-order valence-corrected chi connectivity index (χ3v) is 4.36. The van der Waals surface area contributed by atoms with Crippen LogP contribution in [0.2, 0.25) is 0 Å². The maximum Gasteiger partial charge on any atom is 0.230 e. The lowest BCUT2D eigenvalue weighted by Crippen LogP contribution is -2.14. The van der Waals surface area contributed by atoms with Gasteiger partial charge >= 0.3 is 0 Å². The Morgan fingerprint density at radius 1 is 1.24 bits per heavy atom. The fourth-order valence-corrected chi connectivity index (χ4v) is 3.10. The van der Waals surface area contributed by atoms with Gasteiger partial charge in [-0.1, -0.05) is 30.3 Å². The number of nitrogens with zero attached hydrogens (tertiary/aromatic N) is 2. The van der Waals surface area contributed by atoms with E-state index in [0.29, 0.717) is 16.4 Å². The molecule has 0 aliphatic carbocycles. The van der Waals surface area contributed by atoms with Gasteiger partial charge < -0.3 is 10.1 Å². The number of amides is 1. The van der Waals surface area contributed by atoms with E-state index >= 15 is 0 Å². The second-order valence-corrected chi connectivity index (χ2v) is 6.12. The number of nitrogens with one attached hydrogen (secondary N) is 1. The van der Waals surface area contributed by atoms with E-state index in [2.05, 4.69) is 16.4 Å². The largest absolute Gasteiger partial charge is 0.496 e. The number of rotatable bonds is 5. The highest BCUT2D eigenvalue weighted by atomic mass is 32.1.